The Labute approximate surface area is 141 Å². The molecule has 0 saturated heterocycles. The first-order valence-corrected chi connectivity index (χ1v) is 0. The van der Waals surface area contributed by atoms with Crippen molar-refractivity contribution in [3.05, 3.63) is 0 Å². The molecule has 0 atom stereocenters. The standard InChI is InChI=1S/3Se.2Yb/q3*-2;2*+3. The molecule has 0 heterocycles. The summed E-state index contributed by atoms with van der Waals surface area (Å²) in [4.78, 5) is 0. The van der Waals surface area contributed by atoms with Crippen LogP contribution in [0.1, 0.15) is 0 Å². The van der Waals surface area contributed by atoms with Gasteiger partial charge in [0, 0.05) is 0 Å². The summed E-state index contributed by atoms with van der Waals surface area (Å²) in [6, 6.07) is 0. The Balaban J connectivity index is 0. The Morgan fingerprint density at radius 1 is 0.400 bits per heavy atom. The van der Waals surface area contributed by atoms with Gasteiger partial charge in [-0.1, -0.05) is 0 Å². The molecule has 0 saturated carbocycles. The fourth-order valence-corrected chi connectivity index (χ4v) is 0. The van der Waals surface area contributed by atoms with Crippen LogP contribution in [0.25, 0.3) is 0 Å². The van der Waals surface area contributed by atoms with Gasteiger partial charge in [0.1, 0.15) is 0 Å². The quantitative estimate of drug-likeness (QED) is 0.317. The van der Waals surface area contributed by atoms with E-state index in [0.29, 0.717) is 0 Å². The molecule has 0 spiro atoms. The SMILES string of the molecule is [Se-2].[Se-2].[Se-2].[Yb+3].[Yb+3]. The molecule has 0 aromatic heterocycles. The Hall–Kier alpha value is 4.60. The van der Waals surface area contributed by atoms with Crippen LogP contribution in [0.2, 0.25) is 0 Å². The Morgan fingerprint density at radius 3 is 0.400 bits per heavy atom. The normalized spacial score (nSPS) is 0. The minimum atomic E-state index is 0. The van der Waals surface area contributed by atoms with Crippen molar-refractivity contribution >= 4 is 51.2 Å². The van der Waals surface area contributed by atoms with Crippen molar-refractivity contribution in [2.45, 2.75) is 0 Å². The molecule has 0 nitrogen and oxygen atoms in total. The summed E-state index contributed by atoms with van der Waals surface area (Å²) in [5, 5.41) is 0. The van der Waals surface area contributed by atoms with Gasteiger partial charge < -0.3 is 51.2 Å². The first-order chi connectivity index (χ1) is 0. The molecule has 0 aliphatic carbocycles. The van der Waals surface area contributed by atoms with Gasteiger partial charge in [-0.3, -0.25) is 0 Å². The van der Waals surface area contributed by atoms with E-state index in [-0.39, 0.29) is 145 Å². The van der Waals surface area contributed by atoms with Gasteiger partial charge in [-0.25, -0.2) is 0 Å². The van der Waals surface area contributed by atoms with Crippen LogP contribution in [-0.2, 0) is 0 Å². The maximum atomic E-state index is 0. The van der Waals surface area contributed by atoms with Crippen LogP contribution in [-0.4, -0.2) is 51.2 Å². The second-order valence-electron chi connectivity index (χ2n) is 0. The summed E-state index contributed by atoms with van der Waals surface area (Å²) in [5.41, 5.74) is 0. The summed E-state index contributed by atoms with van der Waals surface area (Å²) in [6.07, 6.45) is 0. The predicted octanol–water partition coefficient (Wildman–Crippen LogP) is -1.14. The molecule has 0 fully saturated rings. The van der Waals surface area contributed by atoms with Crippen molar-refractivity contribution in [1.29, 1.82) is 0 Å². The third-order valence-electron chi connectivity index (χ3n) is 0. The number of hydrogen-bond acceptors (Lipinski definition) is 0. The Kier molecular flexibility index (Phi) is 158. The molecule has 0 aromatic carbocycles. The van der Waals surface area contributed by atoms with Crippen LogP contribution in [0, 0.1) is 93.8 Å². The average molecular weight is 583 g/mol. The van der Waals surface area contributed by atoms with Crippen LogP contribution >= 0.6 is 0 Å². The fraction of sp³-hybridized carbons (Fsp3) is 0. The van der Waals surface area contributed by atoms with Gasteiger partial charge in [0.2, 0.25) is 0 Å². The molecular weight excluding hydrogens is 583 g/mol. The van der Waals surface area contributed by atoms with Crippen molar-refractivity contribution in [2.24, 2.45) is 0 Å². The zero-order valence-corrected chi connectivity index (χ0v) is 10.3. The van der Waals surface area contributed by atoms with E-state index in [1.807, 2.05) is 0 Å². The van der Waals surface area contributed by atoms with E-state index in [2.05, 4.69) is 0 Å². The van der Waals surface area contributed by atoms with E-state index in [1.165, 1.54) is 0 Å². The first kappa shape index (κ1) is 33.6. The van der Waals surface area contributed by atoms with E-state index < -0.39 is 0 Å². The number of rotatable bonds is 0. The van der Waals surface area contributed by atoms with Crippen molar-refractivity contribution < 1.29 is 93.8 Å². The zero-order chi connectivity index (χ0) is 0. The molecule has 5 heteroatoms. The predicted molar refractivity (Wildman–Crippen MR) is 17.3 cm³/mol. The summed E-state index contributed by atoms with van der Waals surface area (Å²) in [6.45, 7) is 0. The number of hydrogen-bond donors (Lipinski definition) is 0. The summed E-state index contributed by atoms with van der Waals surface area (Å²) in [5.74, 6) is 0. The van der Waals surface area contributed by atoms with Crippen LogP contribution < -0.4 is 0 Å². The molecule has 0 bridgehead atoms. The molecule has 5 heavy (non-hydrogen) atoms. The van der Waals surface area contributed by atoms with Crippen LogP contribution in [0.4, 0.5) is 0 Å². The monoisotopic (exact) mass is 588 g/mol. The molecule has 0 unspecified atom stereocenters. The summed E-state index contributed by atoms with van der Waals surface area (Å²) < 4.78 is 0. The van der Waals surface area contributed by atoms with Crippen molar-refractivity contribution in [3.63, 3.8) is 0 Å². The van der Waals surface area contributed by atoms with E-state index in [9.17, 15) is 0 Å². The topological polar surface area (TPSA) is 0 Å². The molecule has 0 rings (SSSR count). The van der Waals surface area contributed by atoms with Gasteiger partial charge in [-0.15, -0.1) is 0 Å². The molecule has 0 aliphatic rings. The van der Waals surface area contributed by atoms with Gasteiger partial charge in [-0.2, -0.15) is 0 Å². The van der Waals surface area contributed by atoms with E-state index in [0.717, 1.165) is 0 Å². The van der Waals surface area contributed by atoms with Gasteiger partial charge in [0.25, 0.3) is 0 Å². The largest absolute Gasteiger partial charge is 3.00 e. The average Bonchev–Trinajstić information content (AvgIpc) is 0. The smallest absolute Gasteiger partial charge is 2.00 e. The second kappa shape index (κ2) is 23.5. The van der Waals surface area contributed by atoms with Gasteiger partial charge in [0.15, 0.2) is 0 Å². The summed E-state index contributed by atoms with van der Waals surface area (Å²) >= 11 is 0. The fourth-order valence-electron chi connectivity index (χ4n) is 0. The van der Waals surface area contributed by atoms with E-state index in [4.69, 9.17) is 0 Å². The van der Waals surface area contributed by atoms with Gasteiger partial charge in [-0.05, 0) is 0 Å². The van der Waals surface area contributed by atoms with Crippen molar-refractivity contribution in [1.82, 2.24) is 0 Å². The third-order valence-corrected chi connectivity index (χ3v) is 0. The molecule has 2 radical (unpaired) electrons. The second-order valence-corrected chi connectivity index (χ2v) is 0. The third kappa shape index (κ3) is 17.7. The summed E-state index contributed by atoms with van der Waals surface area (Å²) in [7, 11) is 0. The Morgan fingerprint density at radius 2 is 0.400 bits per heavy atom. The van der Waals surface area contributed by atoms with E-state index >= 15 is 0 Å². The maximum absolute atomic E-state index is 0. The molecular formula is Se3Yb2. The van der Waals surface area contributed by atoms with Crippen LogP contribution in [0.5, 0.6) is 0 Å². The minimum absolute atomic E-state index is 0. The van der Waals surface area contributed by atoms with Gasteiger partial charge >= 0.3 is 93.8 Å². The minimum Gasteiger partial charge on any atom is -2.00 e. The molecule has 0 N–H and O–H groups in total. The van der Waals surface area contributed by atoms with Gasteiger partial charge in [0.05, 0.1) is 0 Å². The van der Waals surface area contributed by atoms with Crippen molar-refractivity contribution in [3.8, 4) is 0 Å². The first-order valence-electron chi connectivity index (χ1n) is 0. The van der Waals surface area contributed by atoms with Crippen LogP contribution in [0.3, 0.4) is 0 Å². The molecule has 46 valence electrons. The van der Waals surface area contributed by atoms with E-state index in [1.54, 1.807) is 0 Å². The molecule has 0 aliphatic heterocycles. The maximum Gasteiger partial charge on any atom is 3.00 e. The Bertz CT molecular complexity index is 4.85. The molecule has 0 amide bonds. The van der Waals surface area contributed by atoms with Crippen molar-refractivity contribution in [2.75, 3.05) is 0 Å². The van der Waals surface area contributed by atoms with Crippen LogP contribution in [0.15, 0.2) is 0 Å². The molecule has 0 aromatic rings. The zero-order valence-electron chi connectivity index (χ0n) is 1.76.